The summed E-state index contributed by atoms with van der Waals surface area (Å²) in [6, 6.07) is 1.92. The van der Waals surface area contributed by atoms with E-state index in [9.17, 15) is 0 Å². The van der Waals surface area contributed by atoms with Gasteiger partial charge in [0.25, 0.3) is 0 Å². The molecule has 0 saturated carbocycles. The molecule has 0 atom stereocenters. The highest BCUT2D eigenvalue weighted by molar-refractivity contribution is 8.03. The van der Waals surface area contributed by atoms with E-state index in [1.54, 1.807) is 0 Å². The van der Waals surface area contributed by atoms with Crippen molar-refractivity contribution in [1.29, 1.82) is 5.26 Å². The van der Waals surface area contributed by atoms with Crippen LogP contribution in [0.15, 0.2) is 11.1 Å². The van der Waals surface area contributed by atoms with E-state index in [0.717, 1.165) is 5.06 Å². The summed E-state index contributed by atoms with van der Waals surface area (Å²) in [5, 5.41) is 17.8. The zero-order valence-corrected chi connectivity index (χ0v) is 4.85. The Hall–Kier alpha value is -0.660. The zero-order chi connectivity index (χ0) is 5.98. The van der Waals surface area contributed by atoms with Crippen LogP contribution in [0.1, 0.15) is 0 Å². The van der Waals surface area contributed by atoms with Gasteiger partial charge in [-0.3, -0.25) is 10.3 Å². The predicted molar refractivity (Wildman–Crippen MR) is 29.8 cm³/mol. The van der Waals surface area contributed by atoms with Gasteiger partial charge in [-0.1, -0.05) is 11.8 Å². The van der Waals surface area contributed by atoms with Crippen LogP contribution in [0.2, 0.25) is 0 Å². The van der Waals surface area contributed by atoms with E-state index in [0.29, 0.717) is 10.8 Å². The van der Waals surface area contributed by atoms with Crippen molar-refractivity contribution < 1.29 is 5.21 Å². The van der Waals surface area contributed by atoms with Crippen molar-refractivity contribution in [2.24, 2.45) is 0 Å². The van der Waals surface area contributed by atoms with Gasteiger partial charge in [-0.15, -0.1) is 0 Å². The first-order valence-electron chi connectivity index (χ1n) is 2.03. The second kappa shape index (κ2) is 2.07. The Morgan fingerprint density at radius 2 is 2.75 bits per heavy atom. The molecule has 0 saturated heterocycles. The molecule has 1 rings (SSSR count). The SMILES string of the molecule is N#CC1=CN(O)CS1. The topological polar surface area (TPSA) is 47.3 Å². The summed E-state index contributed by atoms with van der Waals surface area (Å²) in [6.07, 6.45) is 1.41. The summed E-state index contributed by atoms with van der Waals surface area (Å²) in [5.74, 6) is 0.475. The van der Waals surface area contributed by atoms with Gasteiger partial charge in [0, 0.05) is 0 Å². The third kappa shape index (κ3) is 0.941. The van der Waals surface area contributed by atoms with Crippen LogP contribution < -0.4 is 0 Å². The van der Waals surface area contributed by atoms with E-state index in [4.69, 9.17) is 10.5 Å². The van der Waals surface area contributed by atoms with E-state index in [1.807, 2.05) is 6.07 Å². The number of allylic oxidation sites excluding steroid dienone is 1. The molecule has 0 aromatic rings. The minimum Gasteiger partial charge on any atom is -0.288 e. The van der Waals surface area contributed by atoms with E-state index < -0.39 is 0 Å². The van der Waals surface area contributed by atoms with Crippen molar-refractivity contribution >= 4 is 11.8 Å². The van der Waals surface area contributed by atoms with Crippen LogP contribution in [0.3, 0.4) is 0 Å². The molecule has 0 amide bonds. The highest BCUT2D eigenvalue weighted by Gasteiger charge is 2.08. The number of rotatable bonds is 0. The van der Waals surface area contributed by atoms with Crippen molar-refractivity contribution in [1.82, 2.24) is 5.06 Å². The lowest BCUT2D eigenvalue weighted by Gasteiger charge is -1.98. The minimum absolute atomic E-state index is 0.475. The molecular weight excluding hydrogens is 124 g/mol. The van der Waals surface area contributed by atoms with Gasteiger partial charge in [-0.05, 0) is 0 Å². The second-order valence-electron chi connectivity index (χ2n) is 1.32. The third-order valence-corrected chi connectivity index (χ3v) is 1.63. The van der Waals surface area contributed by atoms with Crippen LogP contribution in [0.25, 0.3) is 0 Å². The van der Waals surface area contributed by atoms with Crippen LogP contribution in [0.4, 0.5) is 0 Å². The largest absolute Gasteiger partial charge is 0.288 e. The summed E-state index contributed by atoms with van der Waals surface area (Å²) in [4.78, 5) is 0.563. The van der Waals surface area contributed by atoms with Crippen LogP contribution >= 0.6 is 11.8 Å². The van der Waals surface area contributed by atoms with Gasteiger partial charge < -0.3 is 0 Å². The number of thioether (sulfide) groups is 1. The lowest BCUT2D eigenvalue weighted by molar-refractivity contribution is -0.0176. The quantitative estimate of drug-likeness (QED) is 0.523. The number of hydroxylamine groups is 2. The van der Waals surface area contributed by atoms with Crippen molar-refractivity contribution in [3.8, 4) is 6.07 Å². The van der Waals surface area contributed by atoms with Crippen molar-refractivity contribution in [3.05, 3.63) is 11.1 Å². The number of hydrogen-bond donors (Lipinski definition) is 1. The molecule has 0 fully saturated rings. The first-order valence-corrected chi connectivity index (χ1v) is 3.02. The molecule has 0 spiro atoms. The number of nitriles is 1. The van der Waals surface area contributed by atoms with Gasteiger partial charge >= 0.3 is 0 Å². The Morgan fingerprint density at radius 3 is 3.00 bits per heavy atom. The number of hydrogen-bond acceptors (Lipinski definition) is 4. The van der Waals surface area contributed by atoms with Crippen LogP contribution in [0, 0.1) is 11.3 Å². The summed E-state index contributed by atoms with van der Waals surface area (Å²) in [7, 11) is 0. The van der Waals surface area contributed by atoms with Gasteiger partial charge in [0.1, 0.15) is 11.0 Å². The second-order valence-corrected chi connectivity index (χ2v) is 2.30. The lowest BCUT2D eigenvalue weighted by Crippen LogP contribution is -2.04. The van der Waals surface area contributed by atoms with Crippen LogP contribution in [-0.2, 0) is 0 Å². The highest BCUT2D eigenvalue weighted by Crippen LogP contribution is 2.22. The van der Waals surface area contributed by atoms with Gasteiger partial charge in [-0.25, -0.2) is 0 Å². The van der Waals surface area contributed by atoms with E-state index in [-0.39, 0.29) is 0 Å². The molecule has 1 heterocycles. The fourth-order valence-corrected chi connectivity index (χ4v) is 1.01. The van der Waals surface area contributed by atoms with Crippen LogP contribution in [-0.4, -0.2) is 16.1 Å². The maximum absolute atomic E-state index is 8.62. The van der Waals surface area contributed by atoms with Gasteiger partial charge in [0.05, 0.1) is 12.1 Å². The summed E-state index contributed by atoms with van der Waals surface area (Å²) < 4.78 is 0. The summed E-state index contributed by atoms with van der Waals surface area (Å²) in [6.45, 7) is 0. The average molecular weight is 128 g/mol. The standard InChI is InChI=1S/C4H4N2OS/c5-1-4-2-6(7)3-8-4/h2,7H,3H2. The fourth-order valence-electron chi connectivity index (χ4n) is 0.407. The fraction of sp³-hybridized carbons (Fsp3) is 0.250. The monoisotopic (exact) mass is 128 g/mol. The normalized spacial score (nSPS) is 18.0. The molecule has 0 aromatic carbocycles. The maximum Gasteiger partial charge on any atom is 0.108 e. The first kappa shape index (κ1) is 5.48. The summed E-state index contributed by atoms with van der Waals surface area (Å²) >= 11 is 1.33. The molecule has 42 valence electrons. The smallest absolute Gasteiger partial charge is 0.108 e. The molecule has 1 aliphatic heterocycles. The van der Waals surface area contributed by atoms with Gasteiger partial charge in [0.15, 0.2) is 0 Å². The highest BCUT2D eigenvalue weighted by atomic mass is 32.2. The van der Waals surface area contributed by atoms with E-state index in [2.05, 4.69) is 0 Å². The molecule has 0 aromatic heterocycles. The predicted octanol–water partition coefficient (Wildman–Crippen LogP) is 0.747. The molecule has 8 heavy (non-hydrogen) atoms. The zero-order valence-electron chi connectivity index (χ0n) is 4.03. The molecular formula is C4H4N2OS. The first-order chi connectivity index (χ1) is 3.83. The molecule has 0 aliphatic carbocycles. The number of nitrogens with zero attached hydrogens (tertiary/aromatic N) is 2. The van der Waals surface area contributed by atoms with Gasteiger partial charge in [0.2, 0.25) is 0 Å². The van der Waals surface area contributed by atoms with E-state index >= 15 is 0 Å². The van der Waals surface area contributed by atoms with Crippen molar-refractivity contribution in [2.45, 2.75) is 0 Å². The molecule has 1 N–H and O–H groups in total. The Kier molecular flexibility index (Phi) is 1.42. The molecule has 3 nitrogen and oxygen atoms in total. The lowest BCUT2D eigenvalue weighted by atomic mass is 10.7. The molecule has 1 aliphatic rings. The minimum atomic E-state index is 0.475. The Labute approximate surface area is 51.2 Å². The van der Waals surface area contributed by atoms with E-state index in [1.165, 1.54) is 18.0 Å². The third-order valence-electron chi connectivity index (χ3n) is 0.729. The molecule has 0 bridgehead atoms. The summed E-state index contributed by atoms with van der Waals surface area (Å²) in [5.41, 5.74) is 0. The van der Waals surface area contributed by atoms with Crippen molar-refractivity contribution in [2.75, 3.05) is 5.88 Å². The Balaban J connectivity index is 2.61. The van der Waals surface area contributed by atoms with Crippen LogP contribution in [0.5, 0.6) is 0 Å². The molecule has 4 heteroatoms. The Morgan fingerprint density at radius 1 is 2.00 bits per heavy atom. The van der Waals surface area contributed by atoms with Gasteiger partial charge in [-0.2, -0.15) is 5.26 Å². The molecule has 0 radical (unpaired) electrons. The average Bonchev–Trinajstić information content (AvgIpc) is 2.14. The van der Waals surface area contributed by atoms with Crippen molar-refractivity contribution in [3.63, 3.8) is 0 Å². The maximum atomic E-state index is 8.62. The molecule has 0 unspecified atom stereocenters. The Bertz CT molecular complexity index is 160.